The van der Waals surface area contributed by atoms with Crippen LogP contribution in [-0.2, 0) is 6.42 Å². The minimum Gasteiger partial charge on any atom is -0.207 e. The maximum atomic E-state index is 12.9. The monoisotopic (exact) mass is 214 g/mol. The van der Waals surface area contributed by atoms with E-state index in [1.165, 1.54) is 6.07 Å². The van der Waals surface area contributed by atoms with Gasteiger partial charge in [-0.1, -0.05) is 22.0 Å². The molecule has 2 heteroatoms. The van der Waals surface area contributed by atoms with Gasteiger partial charge in [0.05, 0.1) is 0 Å². The van der Waals surface area contributed by atoms with Crippen molar-refractivity contribution >= 4 is 15.9 Å². The molecule has 11 heavy (non-hydrogen) atoms. The lowest BCUT2D eigenvalue weighted by Gasteiger charge is -1.98. The summed E-state index contributed by atoms with van der Waals surface area (Å²) >= 11 is 3.27. The van der Waals surface area contributed by atoms with E-state index in [1.807, 2.05) is 0 Å². The quantitative estimate of drug-likeness (QED) is 0.664. The average Bonchev–Trinajstić information content (AvgIpc) is 1.98. The molecule has 0 bridgehead atoms. The molecule has 1 aromatic rings. The maximum absolute atomic E-state index is 12.9. The molecule has 0 aliphatic carbocycles. The Kier molecular flexibility index (Phi) is 2.83. The van der Waals surface area contributed by atoms with Crippen LogP contribution in [0, 0.1) is 5.82 Å². The number of rotatable bonds is 2. The molecule has 0 fully saturated rings. The predicted octanol–water partition coefficient (Wildman–Crippen LogP) is 3.32. The molecule has 0 aliphatic heterocycles. The Bertz CT molecular complexity index is 268. The highest BCUT2D eigenvalue weighted by Gasteiger charge is 1.99. The molecule has 58 valence electrons. The van der Waals surface area contributed by atoms with Crippen LogP contribution in [0.2, 0.25) is 0 Å². The first-order valence-corrected chi connectivity index (χ1v) is 4.08. The third kappa shape index (κ3) is 2.15. The highest BCUT2D eigenvalue weighted by atomic mass is 79.9. The molecule has 0 aromatic heterocycles. The standard InChI is InChI=1S/C9H8BrF/c1-2-3-7-6-8(10)4-5-9(7)11/h2,4-6H,1,3H2. The van der Waals surface area contributed by atoms with E-state index in [2.05, 4.69) is 22.5 Å². The van der Waals surface area contributed by atoms with Crippen molar-refractivity contribution in [2.75, 3.05) is 0 Å². The Morgan fingerprint density at radius 3 is 2.91 bits per heavy atom. The zero-order valence-corrected chi connectivity index (χ0v) is 7.57. The van der Waals surface area contributed by atoms with Gasteiger partial charge in [-0.3, -0.25) is 0 Å². The van der Waals surface area contributed by atoms with E-state index in [0.29, 0.717) is 12.0 Å². The van der Waals surface area contributed by atoms with Crippen LogP contribution in [0.4, 0.5) is 4.39 Å². The normalized spacial score (nSPS) is 9.64. The fourth-order valence-electron chi connectivity index (χ4n) is 0.855. The highest BCUT2D eigenvalue weighted by Crippen LogP contribution is 2.15. The molecule has 0 radical (unpaired) electrons. The molecule has 0 atom stereocenters. The summed E-state index contributed by atoms with van der Waals surface area (Å²) in [6.07, 6.45) is 2.26. The van der Waals surface area contributed by atoms with E-state index < -0.39 is 0 Å². The van der Waals surface area contributed by atoms with Gasteiger partial charge >= 0.3 is 0 Å². The summed E-state index contributed by atoms with van der Waals surface area (Å²) in [5.41, 5.74) is 0.675. The summed E-state index contributed by atoms with van der Waals surface area (Å²) in [5, 5.41) is 0. The molecule has 0 saturated carbocycles. The lowest BCUT2D eigenvalue weighted by atomic mass is 10.1. The van der Waals surface area contributed by atoms with Gasteiger partial charge < -0.3 is 0 Å². The van der Waals surface area contributed by atoms with E-state index in [-0.39, 0.29) is 5.82 Å². The minimum absolute atomic E-state index is 0.173. The molecular weight excluding hydrogens is 207 g/mol. The fraction of sp³-hybridized carbons (Fsp3) is 0.111. The van der Waals surface area contributed by atoms with Gasteiger partial charge in [0.25, 0.3) is 0 Å². The van der Waals surface area contributed by atoms with Crippen molar-refractivity contribution in [2.24, 2.45) is 0 Å². The van der Waals surface area contributed by atoms with Gasteiger partial charge in [-0.25, -0.2) is 4.39 Å². The van der Waals surface area contributed by atoms with Crippen LogP contribution in [0.25, 0.3) is 0 Å². The van der Waals surface area contributed by atoms with Crippen LogP contribution in [-0.4, -0.2) is 0 Å². The van der Waals surface area contributed by atoms with E-state index in [9.17, 15) is 4.39 Å². The van der Waals surface area contributed by atoms with Crippen LogP contribution >= 0.6 is 15.9 Å². The lowest BCUT2D eigenvalue weighted by molar-refractivity contribution is 0.614. The first kappa shape index (κ1) is 8.47. The van der Waals surface area contributed by atoms with Crippen LogP contribution < -0.4 is 0 Å². The first-order chi connectivity index (χ1) is 5.24. The van der Waals surface area contributed by atoms with E-state index in [0.717, 1.165) is 4.47 Å². The Morgan fingerprint density at radius 2 is 2.27 bits per heavy atom. The van der Waals surface area contributed by atoms with Crippen molar-refractivity contribution in [3.05, 3.63) is 46.7 Å². The molecule has 0 unspecified atom stereocenters. The first-order valence-electron chi connectivity index (χ1n) is 3.29. The third-order valence-corrected chi connectivity index (χ3v) is 1.87. The molecular formula is C9H8BrF. The molecule has 0 N–H and O–H groups in total. The van der Waals surface area contributed by atoms with Crippen LogP contribution in [0.15, 0.2) is 35.3 Å². The summed E-state index contributed by atoms with van der Waals surface area (Å²) < 4.78 is 13.8. The van der Waals surface area contributed by atoms with Crippen molar-refractivity contribution in [1.82, 2.24) is 0 Å². The summed E-state index contributed by atoms with van der Waals surface area (Å²) in [6.45, 7) is 3.54. The zero-order chi connectivity index (χ0) is 8.27. The fourth-order valence-corrected chi connectivity index (χ4v) is 1.26. The Hall–Kier alpha value is -0.630. The number of halogens is 2. The SMILES string of the molecule is C=CCc1cc(Br)ccc1F. The molecule has 0 saturated heterocycles. The van der Waals surface area contributed by atoms with Crippen LogP contribution in [0.5, 0.6) is 0 Å². The summed E-state index contributed by atoms with van der Waals surface area (Å²) in [5.74, 6) is -0.173. The Labute approximate surface area is 73.9 Å². The van der Waals surface area contributed by atoms with Gasteiger partial charge in [-0.2, -0.15) is 0 Å². The van der Waals surface area contributed by atoms with Crippen LogP contribution in [0.3, 0.4) is 0 Å². The number of benzene rings is 1. The number of hydrogen-bond donors (Lipinski definition) is 0. The van der Waals surface area contributed by atoms with Gasteiger partial charge in [0.2, 0.25) is 0 Å². The van der Waals surface area contributed by atoms with Crippen molar-refractivity contribution in [2.45, 2.75) is 6.42 Å². The summed E-state index contributed by atoms with van der Waals surface area (Å²) in [4.78, 5) is 0. The van der Waals surface area contributed by atoms with Crippen LogP contribution in [0.1, 0.15) is 5.56 Å². The smallest absolute Gasteiger partial charge is 0.126 e. The van der Waals surface area contributed by atoms with E-state index in [1.54, 1.807) is 18.2 Å². The zero-order valence-electron chi connectivity index (χ0n) is 5.98. The molecule has 0 spiro atoms. The molecule has 0 nitrogen and oxygen atoms in total. The minimum atomic E-state index is -0.173. The maximum Gasteiger partial charge on any atom is 0.126 e. The summed E-state index contributed by atoms with van der Waals surface area (Å²) in [6, 6.07) is 4.89. The average molecular weight is 215 g/mol. The predicted molar refractivity (Wildman–Crippen MR) is 48.0 cm³/mol. The van der Waals surface area contributed by atoms with Crippen molar-refractivity contribution < 1.29 is 4.39 Å². The second kappa shape index (κ2) is 3.67. The van der Waals surface area contributed by atoms with Gasteiger partial charge in [0, 0.05) is 4.47 Å². The number of hydrogen-bond acceptors (Lipinski definition) is 0. The second-order valence-electron chi connectivity index (χ2n) is 2.23. The molecule has 1 aromatic carbocycles. The van der Waals surface area contributed by atoms with E-state index >= 15 is 0 Å². The highest BCUT2D eigenvalue weighted by molar-refractivity contribution is 9.10. The van der Waals surface area contributed by atoms with E-state index in [4.69, 9.17) is 0 Å². The largest absolute Gasteiger partial charge is 0.207 e. The van der Waals surface area contributed by atoms with Crippen molar-refractivity contribution in [3.63, 3.8) is 0 Å². The molecule has 0 aliphatic rings. The Morgan fingerprint density at radius 1 is 1.55 bits per heavy atom. The van der Waals surface area contributed by atoms with Crippen molar-refractivity contribution in [3.8, 4) is 0 Å². The summed E-state index contributed by atoms with van der Waals surface area (Å²) in [7, 11) is 0. The number of allylic oxidation sites excluding steroid dienone is 1. The molecule has 1 rings (SSSR count). The van der Waals surface area contributed by atoms with Gasteiger partial charge in [0.15, 0.2) is 0 Å². The van der Waals surface area contributed by atoms with Gasteiger partial charge in [0.1, 0.15) is 5.82 Å². The molecule has 0 amide bonds. The topological polar surface area (TPSA) is 0 Å². The van der Waals surface area contributed by atoms with Gasteiger partial charge in [-0.15, -0.1) is 6.58 Å². The second-order valence-corrected chi connectivity index (χ2v) is 3.14. The van der Waals surface area contributed by atoms with Gasteiger partial charge in [-0.05, 0) is 30.2 Å². The van der Waals surface area contributed by atoms with Crippen molar-refractivity contribution in [1.29, 1.82) is 0 Å². The molecule has 0 heterocycles. The Balaban J connectivity index is 3.01. The lowest BCUT2D eigenvalue weighted by Crippen LogP contribution is -1.86. The third-order valence-electron chi connectivity index (χ3n) is 1.37.